The van der Waals surface area contributed by atoms with Crippen molar-refractivity contribution in [3.8, 4) is 11.1 Å². The van der Waals surface area contributed by atoms with Crippen molar-refractivity contribution in [3.63, 3.8) is 0 Å². The molecule has 2 rings (SSSR count). The molecule has 0 spiro atoms. The molecule has 2 aromatic heterocycles. The molecule has 0 saturated heterocycles. The van der Waals surface area contributed by atoms with Crippen LogP contribution in [0.1, 0.15) is 24.2 Å². The highest BCUT2D eigenvalue weighted by Gasteiger charge is 2.20. The first-order chi connectivity index (χ1) is 8.67. The van der Waals surface area contributed by atoms with E-state index in [2.05, 4.69) is 5.10 Å². The fourth-order valence-electron chi connectivity index (χ4n) is 1.67. The number of carbonyl (C=O) groups excluding carboxylic acids is 1. The van der Waals surface area contributed by atoms with Gasteiger partial charge in [-0.3, -0.25) is 4.68 Å². The van der Waals surface area contributed by atoms with Crippen LogP contribution in [0.5, 0.6) is 0 Å². The molecule has 0 saturated carbocycles. The number of nitrogens with zero attached hydrogens (tertiary/aromatic N) is 2. The van der Waals surface area contributed by atoms with E-state index in [1.54, 1.807) is 17.8 Å². The number of aryl methyl sites for hydroxylation is 1. The third-order valence-electron chi connectivity index (χ3n) is 2.57. The highest BCUT2D eigenvalue weighted by Crippen LogP contribution is 2.33. The predicted octanol–water partition coefficient (Wildman–Crippen LogP) is 2.39. The molecule has 6 heteroatoms. The number of ether oxygens (including phenoxy) is 1. The van der Waals surface area contributed by atoms with Gasteiger partial charge in [-0.1, -0.05) is 0 Å². The minimum atomic E-state index is -0.379. The summed E-state index contributed by atoms with van der Waals surface area (Å²) in [4.78, 5) is 11.9. The Hall–Kier alpha value is -1.82. The van der Waals surface area contributed by atoms with Gasteiger partial charge >= 0.3 is 5.97 Å². The summed E-state index contributed by atoms with van der Waals surface area (Å²) in [6.07, 6.45) is 3.62. The van der Waals surface area contributed by atoms with Gasteiger partial charge in [0.2, 0.25) is 0 Å². The quantitative estimate of drug-likeness (QED) is 0.862. The monoisotopic (exact) mass is 265 g/mol. The Morgan fingerprint density at radius 1 is 1.56 bits per heavy atom. The summed E-state index contributed by atoms with van der Waals surface area (Å²) in [6.45, 7) is 4.90. The number of hydrogen-bond donors (Lipinski definition) is 1. The van der Waals surface area contributed by atoms with E-state index in [-0.39, 0.29) is 5.97 Å². The Morgan fingerprint density at radius 2 is 2.33 bits per heavy atom. The lowest BCUT2D eigenvalue weighted by Crippen LogP contribution is -2.07. The van der Waals surface area contributed by atoms with E-state index in [0.717, 1.165) is 17.7 Å². The number of nitrogen functional groups attached to an aromatic ring is 1. The second-order valence-electron chi connectivity index (χ2n) is 3.69. The summed E-state index contributed by atoms with van der Waals surface area (Å²) < 4.78 is 6.83. The highest BCUT2D eigenvalue weighted by atomic mass is 32.1. The van der Waals surface area contributed by atoms with Gasteiger partial charge in [0, 0.05) is 29.2 Å². The first-order valence-electron chi connectivity index (χ1n) is 5.74. The van der Waals surface area contributed by atoms with Crippen LogP contribution in [0.4, 0.5) is 5.00 Å². The maximum Gasteiger partial charge on any atom is 0.341 e. The van der Waals surface area contributed by atoms with Gasteiger partial charge in [0.25, 0.3) is 0 Å². The first-order valence-corrected chi connectivity index (χ1v) is 6.62. The molecule has 2 heterocycles. The SMILES string of the molecule is CCOC(=O)c1c(-c2cnn(CC)c2)csc1N. The number of anilines is 1. The van der Waals surface area contributed by atoms with E-state index in [4.69, 9.17) is 10.5 Å². The Balaban J connectivity index is 2.42. The van der Waals surface area contributed by atoms with Crippen LogP contribution in [-0.2, 0) is 11.3 Å². The number of nitrogens with two attached hydrogens (primary N) is 1. The molecule has 0 fully saturated rings. The zero-order chi connectivity index (χ0) is 13.1. The molecule has 96 valence electrons. The van der Waals surface area contributed by atoms with Crippen molar-refractivity contribution >= 4 is 22.3 Å². The Labute approximate surface area is 109 Å². The van der Waals surface area contributed by atoms with Crippen molar-refractivity contribution in [1.29, 1.82) is 0 Å². The Kier molecular flexibility index (Phi) is 3.66. The summed E-state index contributed by atoms with van der Waals surface area (Å²) >= 11 is 1.34. The van der Waals surface area contributed by atoms with Crippen molar-refractivity contribution in [1.82, 2.24) is 9.78 Å². The molecule has 0 unspecified atom stereocenters. The summed E-state index contributed by atoms with van der Waals surface area (Å²) in [5, 5.41) is 6.53. The average molecular weight is 265 g/mol. The molecule has 0 amide bonds. The minimum absolute atomic E-state index is 0.335. The molecule has 0 radical (unpaired) electrons. The third kappa shape index (κ3) is 2.24. The molecule has 2 N–H and O–H groups in total. The van der Waals surface area contributed by atoms with Crippen LogP contribution in [0, 0.1) is 0 Å². The molecule has 0 aliphatic rings. The molecular formula is C12H15N3O2S. The number of rotatable bonds is 4. The molecule has 2 aromatic rings. The van der Waals surface area contributed by atoms with Gasteiger partial charge in [-0.2, -0.15) is 5.10 Å². The molecule has 0 aliphatic carbocycles. The van der Waals surface area contributed by atoms with Crippen LogP contribution in [-0.4, -0.2) is 22.4 Å². The largest absolute Gasteiger partial charge is 0.462 e. The Bertz CT molecular complexity index is 559. The fraction of sp³-hybridized carbons (Fsp3) is 0.333. The summed E-state index contributed by atoms with van der Waals surface area (Å²) in [5.41, 5.74) is 7.95. The zero-order valence-electron chi connectivity index (χ0n) is 10.3. The van der Waals surface area contributed by atoms with Gasteiger partial charge in [0.1, 0.15) is 10.6 Å². The lowest BCUT2D eigenvalue weighted by molar-refractivity contribution is 0.0529. The number of carbonyl (C=O) groups is 1. The van der Waals surface area contributed by atoms with E-state index >= 15 is 0 Å². The van der Waals surface area contributed by atoms with Crippen molar-refractivity contribution < 1.29 is 9.53 Å². The molecular weight excluding hydrogens is 250 g/mol. The zero-order valence-corrected chi connectivity index (χ0v) is 11.2. The highest BCUT2D eigenvalue weighted by molar-refractivity contribution is 7.14. The van der Waals surface area contributed by atoms with Gasteiger partial charge < -0.3 is 10.5 Å². The van der Waals surface area contributed by atoms with Crippen molar-refractivity contribution in [2.75, 3.05) is 12.3 Å². The topological polar surface area (TPSA) is 70.1 Å². The number of aromatic nitrogens is 2. The van der Waals surface area contributed by atoms with E-state index < -0.39 is 0 Å². The first kappa shape index (κ1) is 12.6. The number of esters is 1. The maximum atomic E-state index is 11.9. The summed E-state index contributed by atoms with van der Waals surface area (Å²) in [5.74, 6) is -0.379. The van der Waals surface area contributed by atoms with E-state index in [0.29, 0.717) is 17.2 Å². The van der Waals surface area contributed by atoms with Crippen molar-refractivity contribution in [2.45, 2.75) is 20.4 Å². The fourth-order valence-corrected chi connectivity index (χ4v) is 2.48. The van der Waals surface area contributed by atoms with Gasteiger partial charge in [-0.05, 0) is 13.8 Å². The van der Waals surface area contributed by atoms with E-state index in [1.165, 1.54) is 11.3 Å². The standard InChI is InChI=1S/C12H15N3O2S/c1-3-15-6-8(5-14-15)9-7-18-11(13)10(9)12(16)17-4-2/h5-7H,3-4,13H2,1-2H3. The van der Waals surface area contributed by atoms with Gasteiger partial charge in [-0.25, -0.2) is 4.79 Å². The maximum absolute atomic E-state index is 11.9. The predicted molar refractivity (Wildman–Crippen MR) is 71.6 cm³/mol. The van der Waals surface area contributed by atoms with E-state index in [1.807, 2.05) is 18.5 Å². The minimum Gasteiger partial charge on any atom is -0.462 e. The summed E-state index contributed by atoms with van der Waals surface area (Å²) in [6, 6.07) is 0. The molecule has 5 nitrogen and oxygen atoms in total. The second kappa shape index (κ2) is 5.22. The van der Waals surface area contributed by atoms with Gasteiger partial charge in [0.15, 0.2) is 0 Å². The molecule has 0 aliphatic heterocycles. The molecule has 18 heavy (non-hydrogen) atoms. The average Bonchev–Trinajstić information content (AvgIpc) is 2.95. The van der Waals surface area contributed by atoms with E-state index in [9.17, 15) is 4.79 Å². The number of thiophene rings is 1. The lowest BCUT2D eigenvalue weighted by atomic mass is 10.1. The second-order valence-corrected chi connectivity index (χ2v) is 4.61. The summed E-state index contributed by atoms with van der Waals surface area (Å²) in [7, 11) is 0. The van der Waals surface area contributed by atoms with Crippen LogP contribution in [0.15, 0.2) is 17.8 Å². The van der Waals surface area contributed by atoms with Crippen LogP contribution < -0.4 is 5.73 Å². The number of hydrogen-bond acceptors (Lipinski definition) is 5. The van der Waals surface area contributed by atoms with Crippen LogP contribution in [0.25, 0.3) is 11.1 Å². The molecule has 0 atom stereocenters. The lowest BCUT2D eigenvalue weighted by Gasteiger charge is -2.03. The van der Waals surface area contributed by atoms with Crippen molar-refractivity contribution in [2.24, 2.45) is 0 Å². The van der Waals surface area contributed by atoms with Crippen LogP contribution in [0.3, 0.4) is 0 Å². The third-order valence-corrected chi connectivity index (χ3v) is 3.38. The van der Waals surface area contributed by atoms with Crippen LogP contribution >= 0.6 is 11.3 Å². The molecule has 0 aromatic carbocycles. The van der Waals surface area contributed by atoms with Gasteiger partial charge in [0.05, 0.1) is 12.8 Å². The van der Waals surface area contributed by atoms with Crippen molar-refractivity contribution in [3.05, 3.63) is 23.3 Å². The van der Waals surface area contributed by atoms with Gasteiger partial charge in [-0.15, -0.1) is 11.3 Å². The normalized spacial score (nSPS) is 10.6. The smallest absolute Gasteiger partial charge is 0.341 e. The molecule has 0 bridgehead atoms. The van der Waals surface area contributed by atoms with Crippen LogP contribution in [0.2, 0.25) is 0 Å². The Morgan fingerprint density at radius 3 is 2.94 bits per heavy atom.